The molecule has 0 spiro atoms. The Morgan fingerprint density at radius 3 is 2.20 bits per heavy atom. The van der Waals surface area contributed by atoms with Crippen molar-refractivity contribution in [1.82, 2.24) is 5.32 Å². The summed E-state index contributed by atoms with van der Waals surface area (Å²) >= 11 is 0. The second kappa shape index (κ2) is 4.00. The van der Waals surface area contributed by atoms with Gasteiger partial charge in [-0.25, -0.2) is 8.78 Å². The molecule has 1 N–H and O–H groups in total. The van der Waals surface area contributed by atoms with E-state index in [1.807, 2.05) is 13.8 Å². The van der Waals surface area contributed by atoms with Crippen LogP contribution in [0.3, 0.4) is 0 Å². The molecule has 1 nitrogen and oxygen atoms in total. The molecule has 3 heteroatoms. The lowest BCUT2D eigenvalue weighted by Crippen LogP contribution is -2.44. The molecule has 0 aromatic carbocycles. The molecule has 88 valence electrons. The standard InChI is InChI=1S/C12H21F2N/c1-8(2)7-12(13,14)9-5-10-3-4-11(6-9)15-10/h8-11,15H,3-7H2,1-2H3. The first kappa shape index (κ1) is 11.3. The monoisotopic (exact) mass is 217 g/mol. The minimum Gasteiger partial charge on any atom is -0.311 e. The average molecular weight is 217 g/mol. The highest BCUT2D eigenvalue weighted by Gasteiger charge is 2.46. The van der Waals surface area contributed by atoms with Crippen molar-refractivity contribution in [2.45, 2.75) is 64.0 Å². The molecule has 2 bridgehead atoms. The number of fused-ring (bicyclic) bond motifs is 2. The van der Waals surface area contributed by atoms with Gasteiger partial charge in [-0.2, -0.15) is 0 Å². The van der Waals surface area contributed by atoms with Crippen LogP contribution >= 0.6 is 0 Å². The van der Waals surface area contributed by atoms with Crippen molar-refractivity contribution < 1.29 is 8.78 Å². The summed E-state index contributed by atoms with van der Waals surface area (Å²) in [6.45, 7) is 3.76. The molecule has 2 saturated heterocycles. The molecule has 0 amide bonds. The summed E-state index contributed by atoms with van der Waals surface area (Å²) < 4.78 is 27.8. The molecule has 2 fully saturated rings. The van der Waals surface area contributed by atoms with Gasteiger partial charge < -0.3 is 5.32 Å². The fourth-order valence-corrected chi connectivity index (χ4v) is 3.11. The van der Waals surface area contributed by atoms with Crippen LogP contribution in [0.5, 0.6) is 0 Å². The van der Waals surface area contributed by atoms with E-state index >= 15 is 0 Å². The van der Waals surface area contributed by atoms with Gasteiger partial charge in [0.05, 0.1) is 0 Å². The average Bonchev–Trinajstić information content (AvgIpc) is 2.43. The maximum Gasteiger partial charge on any atom is 0.251 e. The van der Waals surface area contributed by atoms with Gasteiger partial charge in [-0.05, 0) is 31.6 Å². The van der Waals surface area contributed by atoms with E-state index < -0.39 is 5.92 Å². The van der Waals surface area contributed by atoms with Crippen LogP contribution in [0, 0.1) is 11.8 Å². The van der Waals surface area contributed by atoms with Crippen molar-refractivity contribution in [2.24, 2.45) is 11.8 Å². The van der Waals surface area contributed by atoms with Gasteiger partial charge in [0, 0.05) is 24.4 Å². The molecule has 15 heavy (non-hydrogen) atoms. The fourth-order valence-electron chi connectivity index (χ4n) is 3.11. The van der Waals surface area contributed by atoms with E-state index in [2.05, 4.69) is 5.32 Å². The van der Waals surface area contributed by atoms with Crippen molar-refractivity contribution in [1.29, 1.82) is 0 Å². The van der Waals surface area contributed by atoms with E-state index in [0.717, 1.165) is 12.8 Å². The van der Waals surface area contributed by atoms with Gasteiger partial charge in [0.15, 0.2) is 0 Å². The molecule has 2 aliphatic heterocycles. The SMILES string of the molecule is CC(C)CC(F)(F)C1CC2CCC(C1)N2. The number of halogens is 2. The Balaban J connectivity index is 1.98. The van der Waals surface area contributed by atoms with Crippen molar-refractivity contribution >= 4 is 0 Å². The molecule has 2 atom stereocenters. The number of nitrogens with one attached hydrogen (secondary N) is 1. The molecule has 0 radical (unpaired) electrons. The van der Waals surface area contributed by atoms with Crippen molar-refractivity contribution in [3.8, 4) is 0 Å². The van der Waals surface area contributed by atoms with Crippen LogP contribution < -0.4 is 5.32 Å². The Morgan fingerprint density at radius 2 is 1.73 bits per heavy atom. The Kier molecular flexibility index (Phi) is 3.02. The summed E-state index contributed by atoms with van der Waals surface area (Å²) in [7, 11) is 0. The summed E-state index contributed by atoms with van der Waals surface area (Å²) in [6, 6.07) is 0.735. The highest BCUT2D eigenvalue weighted by atomic mass is 19.3. The van der Waals surface area contributed by atoms with Gasteiger partial charge in [-0.15, -0.1) is 0 Å². The third kappa shape index (κ3) is 2.49. The Bertz CT molecular complexity index is 216. The summed E-state index contributed by atoms with van der Waals surface area (Å²) in [4.78, 5) is 0. The van der Waals surface area contributed by atoms with Crippen molar-refractivity contribution in [2.75, 3.05) is 0 Å². The number of hydrogen-bond acceptors (Lipinski definition) is 1. The second-order valence-electron chi connectivity index (χ2n) is 5.67. The van der Waals surface area contributed by atoms with Crippen molar-refractivity contribution in [3.05, 3.63) is 0 Å². The quantitative estimate of drug-likeness (QED) is 0.765. The molecule has 0 aromatic heterocycles. The van der Waals surface area contributed by atoms with E-state index in [1.54, 1.807) is 0 Å². The van der Waals surface area contributed by atoms with Crippen LogP contribution in [0.2, 0.25) is 0 Å². The first-order chi connectivity index (χ1) is 6.97. The highest BCUT2D eigenvalue weighted by Crippen LogP contribution is 2.42. The Morgan fingerprint density at radius 1 is 1.20 bits per heavy atom. The maximum atomic E-state index is 13.9. The van der Waals surface area contributed by atoms with Gasteiger partial charge in [-0.1, -0.05) is 13.8 Å². The fraction of sp³-hybridized carbons (Fsp3) is 1.00. The molecule has 2 heterocycles. The first-order valence-corrected chi connectivity index (χ1v) is 6.11. The molecule has 0 saturated carbocycles. The molecule has 2 rings (SSSR count). The van der Waals surface area contributed by atoms with E-state index in [-0.39, 0.29) is 18.3 Å². The van der Waals surface area contributed by atoms with Crippen LogP contribution in [0.15, 0.2) is 0 Å². The topological polar surface area (TPSA) is 12.0 Å². The van der Waals surface area contributed by atoms with Gasteiger partial charge in [0.2, 0.25) is 0 Å². The van der Waals surface area contributed by atoms with E-state index in [1.165, 1.54) is 0 Å². The lowest BCUT2D eigenvalue weighted by atomic mass is 9.83. The van der Waals surface area contributed by atoms with Gasteiger partial charge in [-0.3, -0.25) is 0 Å². The highest BCUT2D eigenvalue weighted by molar-refractivity contribution is 4.96. The summed E-state index contributed by atoms with van der Waals surface area (Å²) in [5, 5.41) is 3.41. The predicted molar refractivity (Wildman–Crippen MR) is 57.1 cm³/mol. The molecule has 0 aliphatic carbocycles. The number of rotatable bonds is 3. The molecule has 2 unspecified atom stereocenters. The van der Waals surface area contributed by atoms with Gasteiger partial charge in [0.25, 0.3) is 5.92 Å². The zero-order valence-electron chi connectivity index (χ0n) is 9.60. The van der Waals surface area contributed by atoms with E-state index in [4.69, 9.17) is 0 Å². The minimum absolute atomic E-state index is 0.0527. The number of alkyl halides is 2. The molecular formula is C12H21F2N. The van der Waals surface area contributed by atoms with Crippen LogP contribution in [0.25, 0.3) is 0 Å². The van der Waals surface area contributed by atoms with Crippen LogP contribution in [0.4, 0.5) is 8.78 Å². The summed E-state index contributed by atoms with van der Waals surface area (Å²) in [5.74, 6) is -2.73. The molecule has 0 aromatic rings. The predicted octanol–water partition coefficient (Wildman–Crippen LogP) is 3.20. The van der Waals surface area contributed by atoms with Crippen molar-refractivity contribution in [3.63, 3.8) is 0 Å². The van der Waals surface area contributed by atoms with Crippen LogP contribution in [0.1, 0.15) is 46.0 Å². The normalized spacial score (nSPS) is 36.2. The summed E-state index contributed by atoms with van der Waals surface area (Å²) in [5.41, 5.74) is 0. The lowest BCUT2D eigenvalue weighted by Gasteiger charge is -2.35. The van der Waals surface area contributed by atoms with E-state index in [0.29, 0.717) is 24.9 Å². The van der Waals surface area contributed by atoms with Crippen LogP contribution in [-0.2, 0) is 0 Å². The van der Waals surface area contributed by atoms with E-state index in [9.17, 15) is 8.78 Å². The van der Waals surface area contributed by atoms with Gasteiger partial charge in [0.1, 0.15) is 0 Å². The zero-order chi connectivity index (χ0) is 11.1. The Labute approximate surface area is 90.6 Å². The smallest absolute Gasteiger partial charge is 0.251 e. The van der Waals surface area contributed by atoms with Gasteiger partial charge >= 0.3 is 0 Å². The maximum absolute atomic E-state index is 13.9. The molecular weight excluding hydrogens is 196 g/mol. The third-order valence-electron chi connectivity index (χ3n) is 3.75. The number of piperidine rings is 1. The molecule has 2 aliphatic rings. The van der Waals surface area contributed by atoms with Crippen LogP contribution in [-0.4, -0.2) is 18.0 Å². The third-order valence-corrected chi connectivity index (χ3v) is 3.75. The summed E-state index contributed by atoms with van der Waals surface area (Å²) in [6.07, 6.45) is 3.60. The first-order valence-electron chi connectivity index (χ1n) is 6.11. The lowest BCUT2D eigenvalue weighted by molar-refractivity contribution is -0.0890. The number of hydrogen-bond donors (Lipinski definition) is 1. The zero-order valence-corrected chi connectivity index (χ0v) is 9.60. The minimum atomic E-state index is -2.45. The second-order valence-corrected chi connectivity index (χ2v) is 5.67. The largest absolute Gasteiger partial charge is 0.311 e. The Hall–Kier alpha value is -0.180.